The predicted molar refractivity (Wildman–Crippen MR) is 88.5 cm³/mol. The van der Waals surface area contributed by atoms with Crippen LogP contribution in [0.4, 0.5) is 14.5 Å². The Balaban J connectivity index is 2.16. The molecule has 3 nitrogen and oxygen atoms in total. The highest BCUT2D eigenvalue weighted by Crippen LogP contribution is 2.28. The third kappa shape index (κ3) is 5.25. The van der Waals surface area contributed by atoms with Gasteiger partial charge in [0.1, 0.15) is 5.75 Å². The molecule has 0 aliphatic heterocycles. The number of alkyl halides is 2. The molecular weight excluding hydrogens is 320 g/mol. The maximum Gasteiger partial charge on any atom is 0.288 e. The highest BCUT2D eigenvalue weighted by molar-refractivity contribution is 7.99. The van der Waals surface area contributed by atoms with Crippen molar-refractivity contribution < 1.29 is 18.3 Å². The Bertz CT molecular complexity index is 677. The van der Waals surface area contributed by atoms with Crippen LogP contribution in [-0.4, -0.2) is 17.8 Å². The fourth-order valence-corrected chi connectivity index (χ4v) is 2.52. The summed E-state index contributed by atoms with van der Waals surface area (Å²) in [5.41, 5.74) is 0.855. The molecule has 0 fully saturated rings. The first-order chi connectivity index (χ1) is 11.0. The van der Waals surface area contributed by atoms with Crippen LogP contribution in [0.2, 0.25) is 0 Å². The lowest BCUT2D eigenvalue weighted by Gasteiger charge is -2.14. The zero-order chi connectivity index (χ0) is 16.8. The number of amides is 1. The Morgan fingerprint density at radius 3 is 2.57 bits per heavy atom. The van der Waals surface area contributed by atoms with Crippen LogP contribution in [-0.2, 0) is 0 Å². The number of benzene rings is 2. The molecule has 1 N–H and O–H groups in total. The van der Waals surface area contributed by atoms with E-state index in [2.05, 4.69) is 5.32 Å². The van der Waals surface area contributed by atoms with E-state index in [1.54, 1.807) is 42.5 Å². The Labute approximate surface area is 138 Å². The van der Waals surface area contributed by atoms with E-state index in [1.165, 1.54) is 6.07 Å². The summed E-state index contributed by atoms with van der Waals surface area (Å²) in [6.07, 6.45) is -0.0604. The fourth-order valence-electron chi connectivity index (χ4n) is 1.96. The van der Waals surface area contributed by atoms with Gasteiger partial charge >= 0.3 is 0 Å². The number of ether oxygens (including phenoxy) is 1. The predicted octanol–water partition coefficient (Wildman–Crippen LogP) is 5.04. The first-order valence-corrected chi connectivity index (χ1v) is 7.95. The number of carbonyl (C=O) groups is 1. The van der Waals surface area contributed by atoms with Gasteiger partial charge in [0, 0.05) is 10.6 Å². The summed E-state index contributed by atoms with van der Waals surface area (Å²) in [7, 11) is 0. The minimum absolute atomic E-state index is 0.0604. The monoisotopic (exact) mass is 337 g/mol. The van der Waals surface area contributed by atoms with Crippen molar-refractivity contribution in [1.82, 2.24) is 0 Å². The van der Waals surface area contributed by atoms with Gasteiger partial charge in [0.2, 0.25) is 0 Å². The van der Waals surface area contributed by atoms with Gasteiger partial charge in [0.15, 0.2) is 0 Å². The summed E-state index contributed by atoms with van der Waals surface area (Å²) in [5.74, 6) is -2.36. The molecule has 0 aromatic heterocycles. The van der Waals surface area contributed by atoms with Crippen LogP contribution in [0.3, 0.4) is 0 Å². The van der Waals surface area contributed by atoms with Crippen LogP contribution in [0.5, 0.6) is 5.75 Å². The van der Waals surface area contributed by atoms with Crippen LogP contribution in [0, 0.1) is 0 Å². The minimum Gasteiger partial charge on any atom is -0.490 e. The lowest BCUT2D eigenvalue weighted by Crippen LogP contribution is -2.15. The standard InChI is InChI=1S/C17H17F2NO2S/c1-11(2)22-15-9-4-3-8-14(15)16(21)20-12-6-5-7-13(10-12)23-17(18)19/h3-11,17H,1-2H3,(H,20,21). The third-order valence-electron chi connectivity index (χ3n) is 2.81. The number of anilines is 1. The molecular formula is C17H17F2NO2S. The molecule has 0 bridgehead atoms. The summed E-state index contributed by atoms with van der Waals surface area (Å²) >= 11 is 0.438. The van der Waals surface area contributed by atoms with Gasteiger partial charge in [-0.2, -0.15) is 8.78 Å². The number of carbonyl (C=O) groups excluding carboxylic acids is 1. The number of hydrogen-bond acceptors (Lipinski definition) is 3. The lowest BCUT2D eigenvalue weighted by atomic mass is 10.1. The molecule has 0 aliphatic carbocycles. The topological polar surface area (TPSA) is 38.3 Å². The van der Waals surface area contributed by atoms with Crippen molar-refractivity contribution in [2.45, 2.75) is 30.6 Å². The highest BCUT2D eigenvalue weighted by Gasteiger charge is 2.14. The zero-order valence-electron chi connectivity index (χ0n) is 12.8. The van der Waals surface area contributed by atoms with Gasteiger partial charge in [-0.25, -0.2) is 0 Å². The maximum absolute atomic E-state index is 12.4. The van der Waals surface area contributed by atoms with E-state index in [1.807, 2.05) is 13.8 Å². The Morgan fingerprint density at radius 1 is 1.13 bits per heavy atom. The zero-order valence-corrected chi connectivity index (χ0v) is 13.6. The van der Waals surface area contributed by atoms with Crippen molar-refractivity contribution in [2.75, 3.05) is 5.32 Å². The van der Waals surface area contributed by atoms with Gasteiger partial charge < -0.3 is 10.1 Å². The molecule has 2 rings (SSSR count). The summed E-state index contributed by atoms with van der Waals surface area (Å²) in [6.45, 7) is 3.75. The number of para-hydroxylation sites is 1. The third-order valence-corrected chi connectivity index (χ3v) is 3.52. The summed E-state index contributed by atoms with van der Waals surface area (Å²) in [5, 5.41) is 2.71. The molecule has 0 heterocycles. The summed E-state index contributed by atoms with van der Waals surface area (Å²) in [4.78, 5) is 12.8. The molecule has 0 atom stereocenters. The Kier molecular flexibility index (Phi) is 5.98. The van der Waals surface area contributed by atoms with Crippen molar-refractivity contribution in [3.05, 3.63) is 54.1 Å². The van der Waals surface area contributed by atoms with Gasteiger partial charge in [0.25, 0.3) is 11.7 Å². The van der Waals surface area contributed by atoms with Crippen molar-refractivity contribution in [1.29, 1.82) is 0 Å². The Morgan fingerprint density at radius 2 is 1.87 bits per heavy atom. The van der Waals surface area contributed by atoms with Gasteiger partial charge in [0.05, 0.1) is 11.7 Å². The number of nitrogens with one attached hydrogen (secondary N) is 1. The SMILES string of the molecule is CC(C)Oc1ccccc1C(=O)Nc1cccc(SC(F)F)c1. The highest BCUT2D eigenvalue weighted by atomic mass is 32.2. The van der Waals surface area contributed by atoms with Gasteiger partial charge in [-0.15, -0.1) is 0 Å². The second kappa shape index (κ2) is 7.97. The molecule has 23 heavy (non-hydrogen) atoms. The summed E-state index contributed by atoms with van der Waals surface area (Å²) < 4.78 is 30.4. The molecule has 0 spiro atoms. The molecule has 2 aromatic rings. The van der Waals surface area contributed by atoms with Crippen LogP contribution < -0.4 is 10.1 Å². The molecule has 0 saturated heterocycles. The Hall–Kier alpha value is -2.08. The first kappa shape index (κ1) is 17.3. The lowest BCUT2D eigenvalue weighted by molar-refractivity contribution is 0.102. The average molecular weight is 337 g/mol. The number of hydrogen-bond donors (Lipinski definition) is 1. The molecule has 0 saturated carbocycles. The quantitative estimate of drug-likeness (QED) is 0.750. The van der Waals surface area contributed by atoms with Gasteiger partial charge in [-0.05, 0) is 44.2 Å². The van der Waals surface area contributed by atoms with E-state index >= 15 is 0 Å². The molecule has 122 valence electrons. The molecule has 6 heteroatoms. The normalized spacial score (nSPS) is 10.9. The fraction of sp³-hybridized carbons (Fsp3) is 0.235. The maximum atomic E-state index is 12.4. The van der Waals surface area contributed by atoms with Crippen molar-refractivity contribution in [2.24, 2.45) is 0 Å². The van der Waals surface area contributed by atoms with E-state index < -0.39 is 5.76 Å². The smallest absolute Gasteiger partial charge is 0.288 e. The second-order valence-electron chi connectivity index (χ2n) is 5.02. The van der Waals surface area contributed by atoms with E-state index in [-0.39, 0.29) is 12.0 Å². The van der Waals surface area contributed by atoms with Crippen LogP contribution in [0.1, 0.15) is 24.2 Å². The average Bonchev–Trinajstić information content (AvgIpc) is 2.46. The second-order valence-corrected chi connectivity index (χ2v) is 6.09. The van der Waals surface area contributed by atoms with Crippen LogP contribution in [0.25, 0.3) is 0 Å². The molecule has 0 aliphatic rings. The molecule has 1 amide bonds. The van der Waals surface area contributed by atoms with E-state index in [4.69, 9.17) is 4.74 Å². The van der Waals surface area contributed by atoms with Crippen LogP contribution in [0.15, 0.2) is 53.4 Å². The van der Waals surface area contributed by atoms with Gasteiger partial charge in [-0.3, -0.25) is 4.79 Å². The number of rotatable bonds is 6. The van der Waals surface area contributed by atoms with Crippen LogP contribution >= 0.6 is 11.8 Å². The molecule has 0 radical (unpaired) electrons. The molecule has 0 unspecified atom stereocenters. The number of thioether (sulfide) groups is 1. The van der Waals surface area contributed by atoms with Gasteiger partial charge in [-0.1, -0.05) is 30.0 Å². The van der Waals surface area contributed by atoms with Crippen molar-refractivity contribution in [3.8, 4) is 5.75 Å². The van der Waals surface area contributed by atoms with Crippen molar-refractivity contribution in [3.63, 3.8) is 0 Å². The largest absolute Gasteiger partial charge is 0.490 e. The summed E-state index contributed by atoms with van der Waals surface area (Å²) in [6, 6.07) is 13.3. The number of halogens is 2. The first-order valence-electron chi connectivity index (χ1n) is 7.07. The van der Waals surface area contributed by atoms with E-state index in [0.717, 1.165) is 0 Å². The van der Waals surface area contributed by atoms with E-state index in [0.29, 0.717) is 33.7 Å². The minimum atomic E-state index is -2.50. The van der Waals surface area contributed by atoms with E-state index in [9.17, 15) is 13.6 Å². The molecule has 2 aromatic carbocycles. The van der Waals surface area contributed by atoms with Crippen molar-refractivity contribution >= 4 is 23.4 Å².